The summed E-state index contributed by atoms with van der Waals surface area (Å²) in [5, 5.41) is 0. The van der Waals surface area contributed by atoms with Gasteiger partial charge in [-0.15, -0.1) is 0 Å². The van der Waals surface area contributed by atoms with Crippen molar-refractivity contribution >= 4 is 5.78 Å². The average Bonchev–Trinajstić information content (AvgIpc) is 2.29. The van der Waals surface area contributed by atoms with Gasteiger partial charge < -0.3 is 0 Å². The van der Waals surface area contributed by atoms with Crippen LogP contribution in [-0.4, -0.2) is 5.78 Å². The largest absolute Gasteiger partial charge is 0.299 e. The Labute approximate surface area is 72.8 Å². The van der Waals surface area contributed by atoms with Gasteiger partial charge in [-0.1, -0.05) is 18.1 Å². The summed E-state index contributed by atoms with van der Waals surface area (Å²) in [6, 6.07) is 0. The Bertz CT molecular complexity index is 277. The summed E-state index contributed by atoms with van der Waals surface area (Å²) < 4.78 is 0. The first-order chi connectivity index (χ1) is 5.83. The van der Waals surface area contributed by atoms with Crippen LogP contribution in [0.4, 0.5) is 0 Å². The SMILES string of the molecule is O=C1CCC23CCCCC2=CC13. The second-order valence-electron chi connectivity index (χ2n) is 4.50. The first-order valence-electron chi connectivity index (χ1n) is 5.07. The van der Waals surface area contributed by atoms with Crippen molar-refractivity contribution < 1.29 is 4.79 Å². The highest BCUT2D eigenvalue weighted by molar-refractivity contribution is 5.89. The number of rotatable bonds is 0. The van der Waals surface area contributed by atoms with Crippen molar-refractivity contribution in [2.75, 3.05) is 0 Å². The smallest absolute Gasteiger partial charge is 0.140 e. The zero-order valence-electron chi connectivity index (χ0n) is 7.31. The van der Waals surface area contributed by atoms with Crippen molar-refractivity contribution in [3.05, 3.63) is 11.6 Å². The summed E-state index contributed by atoms with van der Waals surface area (Å²) >= 11 is 0. The van der Waals surface area contributed by atoms with Crippen LogP contribution in [0.15, 0.2) is 11.6 Å². The van der Waals surface area contributed by atoms with Gasteiger partial charge in [0.2, 0.25) is 0 Å². The Balaban J connectivity index is 2.01. The standard InChI is InChI=1S/C11H14O/c12-10-4-6-11-5-2-1-3-8(11)7-9(10)11/h7,9H,1-6H2. The van der Waals surface area contributed by atoms with E-state index in [1.807, 2.05) is 0 Å². The highest BCUT2D eigenvalue weighted by Crippen LogP contribution is 2.61. The summed E-state index contributed by atoms with van der Waals surface area (Å²) in [6.07, 6.45) is 9.57. The van der Waals surface area contributed by atoms with Gasteiger partial charge in [0.05, 0.1) is 0 Å². The molecule has 0 heterocycles. The molecule has 3 aliphatic carbocycles. The maximum absolute atomic E-state index is 11.4. The minimum atomic E-state index is 0.354. The molecule has 0 aromatic rings. The zero-order chi connectivity index (χ0) is 8.18. The molecule has 0 aromatic heterocycles. The molecule has 64 valence electrons. The molecule has 3 aliphatic rings. The molecule has 1 spiro atoms. The van der Waals surface area contributed by atoms with E-state index in [2.05, 4.69) is 6.08 Å². The molecule has 0 bridgehead atoms. The number of carbonyl (C=O) groups is 1. The van der Waals surface area contributed by atoms with Gasteiger partial charge in [-0.2, -0.15) is 0 Å². The van der Waals surface area contributed by atoms with Crippen LogP contribution in [0.2, 0.25) is 0 Å². The fourth-order valence-electron chi connectivity index (χ4n) is 3.38. The van der Waals surface area contributed by atoms with Crippen LogP contribution in [0.3, 0.4) is 0 Å². The molecular formula is C11H14O. The van der Waals surface area contributed by atoms with E-state index in [4.69, 9.17) is 0 Å². The minimum Gasteiger partial charge on any atom is -0.299 e. The molecule has 0 aromatic carbocycles. The Morgan fingerprint density at radius 2 is 2.17 bits per heavy atom. The van der Waals surface area contributed by atoms with E-state index in [0.717, 1.165) is 6.42 Å². The Morgan fingerprint density at radius 1 is 1.25 bits per heavy atom. The van der Waals surface area contributed by atoms with E-state index >= 15 is 0 Å². The van der Waals surface area contributed by atoms with Gasteiger partial charge in [0, 0.05) is 17.8 Å². The average molecular weight is 162 g/mol. The Morgan fingerprint density at radius 3 is 2.92 bits per heavy atom. The molecule has 2 saturated carbocycles. The maximum atomic E-state index is 11.4. The molecule has 2 fully saturated rings. The number of hydrogen-bond acceptors (Lipinski definition) is 1. The fourth-order valence-corrected chi connectivity index (χ4v) is 3.38. The van der Waals surface area contributed by atoms with E-state index in [1.54, 1.807) is 5.57 Å². The number of allylic oxidation sites excluding steroid dienone is 2. The maximum Gasteiger partial charge on any atom is 0.140 e. The second kappa shape index (κ2) is 2.01. The highest BCUT2D eigenvalue weighted by atomic mass is 16.1. The van der Waals surface area contributed by atoms with Crippen molar-refractivity contribution in [3.8, 4) is 0 Å². The zero-order valence-corrected chi connectivity index (χ0v) is 7.31. The van der Waals surface area contributed by atoms with Crippen LogP contribution < -0.4 is 0 Å². The number of ketones is 1. The molecule has 12 heavy (non-hydrogen) atoms. The predicted molar refractivity (Wildman–Crippen MR) is 46.7 cm³/mol. The first-order valence-corrected chi connectivity index (χ1v) is 5.07. The van der Waals surface area contributed by atoms with Crippen LogP contribution in [0.1, 0.15) is 38.5 Å². The van der Waals surface area contributed by atoms with Crippen molar-refractivity contribution in [2.45, 2.75) is 38.5 Å². The highest BCUT2D eigenvalue weighted by Gasteiger charge is 2.55. The van der Waals surface area contributed by atoms with Gasteiger partial charge in [0.25, 0.3) is 0 Å². The number of hydrogen-bond donors (Lipinski definition) is 0. The van der Waals surface area contributed by atoms with Crippen LogP contribution in [0, 0.1) is 11.3 Å². The van der Waals surface area contributed by atoms with Crippen LogP contribution in [0.5, 0.6) is 0 Å². The lowest BCUT2D eigenvalue weighted by Gasteiger charge is -2.47. The van der Waals surface area contributed by atoms with Gasteiger partial charge in [0.15, 0.2) is 0 Å². The van der Waals surface area contributed by atoms with Crippen LogP contribution in [0.25, 0.3) is 0 Å². The molecule has 1 nitrogen and oxygen atoms in total. The summed E-state index contributed by atoms with van der Waals surface area (Å²) in [7, 11) is 0. The van der Waals surface area contributed by atoms with E-state index in [9.17, 15) is 4.79 Å². The molecular weight excluding hydrogens is 148 g/mol. The summed E-state index contributed by atoms with van der Waals surface area (Å²) in [6.45, 7) is 0. The van der Waals surface area contributed by atoms with Gasteiger partial charge in [-0.05, 0) is 25.7 Å². The number of Topliss-reactive ketones (excluding diaryl/α,β-unsaturated/α-hetero) is 1. The molecule has 0 aliphatic heterocycles. The van der Waals surface area contributed by atoms with Crippen molar-refractivity contribution in [1.82, 2.24) is 0 Å². The van der Waals surface area contributed by atoms with Crippen molar-refractivity contribution in [3.63, 3.8) is 0 Å². The number of carbonyl (C=O) groups excluding carboxylic acids is 1. The molecule has 0 N–H and O–H groups in total. The first kappa shape index (κ1) is 6.88. The minimum absolute atomic E-state index is 0.354. The van der Waals surface area contributed by atoms with Gasteiger partial charge in [-0.3, -0.25) is 4.79 Å². The van der Waals surface area contributed by atoms with E-state index < -0.39 is 0 Å². The lowest BCUT2D eigenvalue weighted by molar-refractivity contribution is -0.121. The molecule has 3 rings (SSSR count). The fraction of sp³-hybridized carbons (Fsp3) is 0.727. The Kier molecular flexibility index (Phi) is 1.15. The molecule has 1 heteroatoms. The van der Waals surface area contributed by atoms with Crippen molar-refractivity contribution in [2.24, 2.45) is 11.3 Å². The Hall–Kier alpha value is -0.590. The second-order valence-corrected chi connectivity index (χ2v) is 4.50. The van der Waals surface area contributed by atoms with Gasteiger partial charge in [0.1, 0.15) is 5.78 Å². The molecule has 0 radical (unpaired) electrons. The van der Waals surface area contributed by atoms with Gasteiger partial charge in [-0.25, -0.2) is 0 Å². The third-order valence-corrected chi connectivity index (χ3v) is 4.09. The van der Waals surface area contributed by atoms with E-state index in [1.165, 1.54) is 32.1 Å². The lowest BCUT2D eigenvalue weighted by atomic mass is 9.56. The molecule has 2 unspecified atom stereocenters. The predicted octanol–water partition coefficient (Wildman–Crippen LogP) is 2.47. The van der Waals surface area contributed by atoms with Crippen LogP contribution in [-0.2, 0) is 4.79 Å². The normalized spacial score (nSPS) is 44.5. The van der Waals surface area contributed by atoms with Crippen molar-refractivity contribution in [1.29, 1.82) is 0 Å². The topological polar surface area (TPSA) is 17.1 Å². The molecule has 2 atom stereocenters. The molecule has 0 amide bonds. The lowest BCUT2D eigenvalue weighted by Crippen LogP contribution is -2.39. The monoisotopic (exact) mass is 162 g/mol. The summed E-state index contributed by atoms with van der Waals surface area (Å²) in [5.74, 6) is 0.869. The van der Waals surface area contributed by atoms with E-state index in [0.29, 0.717) is 17.1 Å². The molecule has 0 saturated heterocycles. The third-order valence-electron chi connectivity index (χ3n) is 4.09. The summed E-state index contributed by atoms with van der Waals surface area (Å²) in [4.78, 5) is 11.4. The third kappa shape index (κ3) is 0.596. The van der Waals surface area contributed by atoms with E-state index in [-0.39, 0.29) is 0 Å². The van der Waals surface area contributed by atoms with Crippen LogP contribution >= 0.6 is 0 Å². The van der Waals surface area contributed by atoms with Gasteiger partial charge >= 0.3 is 0 Å². The quantitative estimate of drug-likeness (QED) is 0.500. The summed E-state index contributed by atoms with van der Waals surface area (Å²) in [5.41, 5.74) is 2.04.